The third kappa shape index (κ3) is 5.46. The zero-order valence-electron chi connectivity index (χ0n) is 13.4. The van der Waals surface area contributed by atoms with E-state index in [1.165, 1.54) is 5.56 Å². The summed E-state index contributed by atoms with van der Waals surface area (Å²) in [6.45, 7) is 14.0. The lowest BCUT2D eigenvalue weighted by Gasteiger charge is -2.20. The van der Waals surface area contributed by atoms with Crippen molar-refractivity contribution in [2.24, 2.45) is 0 Å². The van der Waals surface area contributed by atoms with Gasteiger partial charge in [0.15, 0.2) is 0 Å². The molecule has 0 heterocycles. The molecule has 0 bridgehead atoms. The van der Waals surface area contributed by atoms with E-state index in [0.29, 0.717) is 5.92 Å². The first kappa shape index (κ1) is 17.7. The van der Waals surface area contributed by atoms with Gasteiger partial charge in [-0.2, -0.15) is 0 Å². The smallest absolute Gasteiger partial charge is 0.253 e. The van der Waals surface area contributed by atoms with Gasteiger partial charge < -0.3 is 4.90 Å². The molecule has 1 aromatic carbocycles. The minimum atomic E-state index is 0.150. The van der Waals surface area contributed by atoms with Crippen molar-refractivity contribution in [1.82, 2.24) is 4.90 Å². The van der Waals surface area contributed by atoms with Crippen molar-refractivity contribution in [2.75, 3.05) is 13.1 Å². The van der Waals surface area contributed by atoms with Crippen LogP contribution in [0.25, 0.3) is 0 Å². The molecule has 0 aliphatic rings. The van der Waals surface area contributed by atoms with Gasteiger partial charge in [0.25, 0.3) is 5.91 Å². The van der Waals surface area contributed by atoms with Gasteiger partial charge in [-0.1, -0.05) is 46.8 Å². The van der Waals surface area contributed by atoms with Gasteiger partial charge in [-0.25, -0.2) is 0 Å². The number of amides is 1. The molecule has 0 fully saturated rings. The first-order chi connectivity index (χ1) is 9.10. The number of hydrogen-bond donors (Lipinski definition) is 0. The highest BCUT2D eigenvalue weighted by Crippen LogP contribution is 2.16. The summed E-state index contributed by atoms with van der Waals surface area (Å²) in [6, 6.07) is 7.98. The topological polar surface area (TPSA) is 20.3 Å². The average molecular weight is 263 g/mol. The highest BCUT2D eigenvalue weighted by molar-refractivity contribution is 5.94. The largest absolute Gasteiger partial charge is 0.339 e. The van der Waals surface area contributed by atoms with Gasteiger partial charge in [0.2, 0.25) is 0 Å². The van der Waals surface area contributed by atoms with Crippen molar-refractivity contribution in [3.8, 4) is 0 Å². The number of benzene rings is 1. The summed E-state index contributed by atoms with van der Waals surface area (Å²) in [6.07, 6.45) is 1.00. The Bertz CT molecular complexity index is 371. The predicted octanol–water partition coefficient (Wildman–Crippen LogP) is 4.71. The minimum Gasteiger partial charge on any atom is -0.339 e. The molecule has 0 aromatic heterocycles. The minimum absolute atomic E-state index is 0.150. The van der Waals surface area contributed by atoms with Gasteiger partial charge in [-0.05, 0) is 37.0 Å². The molecule has 19 heavy (non-hydrogen) atoms. The fourth-order valence-corrected chi connectivity index (χ4v) is 1.89. The van der Waals surface area contributed by atoms with Crippen LogP contribution in [0.4, 0.5) is 0 Å². The predicted molar refractivity (Wildman–Crippen MR) is 83.7 cm³/mol. The standard InChI is InChI=1S/C15H23NO.C2H6/c1-5-10-16(6-2)15(17)14-9-7-8-13(11-14)12(3)4;1-2/h7-9,11-12H,5-6,10H2,1-4H3;1-2H3. The summed E-state index contributed by atoms with van der Waals surface area (Å²) >= 11 is 0. The number of hydrogen-bond acceptors (Lipinski definition) is 1. The average Bonchev–Trinajstić information content (AvgIpc) is 2.46. The number of nitrogens with zero attached hydrogens (tertiary/aromatic N) is 1. The molecule has 1 aromatic rings. The third-order valence-corrected chi connectivity index (χ3v) is 2.96. The Labute approximate surface area is 118 Å². The molecule has 0 unspecified atom stereocenters. The maximum atomic E-state index is 12.3. The van der Waals surface area contributed by atoms with Crippen LogP contribution in [0.1, 0.15) is 69.8 Å². The first-order valence-corrected chi connectivity index (χ1v) is 7.49. The first-order valence-electron chi connectivity index (χ1n) is 7.49. The number of rotatable bonds is 5. The van der Waals surface area contributed by atoms with Gasteiger partial charge >= 0.3 is 0 Å². The van der Waals surface area contributed by atoms with Crippen LogP contribution in [-0.4, -0.2) is 23.9 Å². The molecular formula is C17H29NO. The molecule has 1 rings (SSSR count). The lowest BCUT2D eigenvalue weighted by Crippen LogP contribution is -2.31. The molecule has 1 amide bonds. The van der Waals surface area contributed by atoms with Crippen LogP contribution in [0.15, 0.2) is 24.3 Å². The van der Waals surface area contributed by atoms with E-state index in [0.717, 1.165) is 25.1 Å². The lowest BCUT2D eigenvalue weighted by atomic mass is 10.0. The van der Waals surface area contributed by atoms with Crippen molar-refractivity contribution in [3.63, 3.8) is 0 Å². The van der Waals surface area contributed by atoms with E-state index in [1.807, 2.05) is 43.9 Å². The van der Waals surface area contributed by atoms with Gasteiger partial charge in [-0.3, -0.25) is 4.79 Å². The normalized spacial score (nSPS) is 9.84. The number of carbonyl (C=O) groups is 1. The fraction of sp³-hybridized carbons (Fsp3) is 0.588. The molecule has 2 nitrogen and oxygen atoms in total. The molecule has 0 atom stereocenters. The molecule has 0 saturated heterocycles. The summed E-state index contributed by atoms with van der Waals surface area (Å²) in [4.78, 5) is 14.2. The van der Waals surface area contributed by atoms with Crippen LogP contribution in [0.2, 0.25) is 0 Å². The summed E-state index contributed by atoms with van der Waals surface area (Å²) in [7, 11) is 0. The van der Waals surface area contributed by atoms with Crippen LogP contribution < -0.4 is 0 Å². The number of carbonyl (C=O) groups excluding carboxylic acids is 1. The monoisotopic (exact) mass is 263 g/mol. The maximum absolute atomic E-state index is 12.3. The van der Waals surface area contributed by atoms with E-state index < -0.39 is 0 Å². The summed E-state index contributed by atoms with van der Waals surface area (Å²) in [5.74, 6) is 0.612. The van der Waals surface area contributed by atoms with Crippen LogP contribution >= 0.6 is 0 Å². The van der Waals surface area contributed by atoms with Gasteiger partial charge in [0.05, 0.1) is 0 Å². The van der Waals surface area contributed by atoms with Crippen molar-refractivity contribution < 1.29 is 4.79 Å². The Morgan fingerprint density at radius 3 is 2.32 bits per heavy atom. The molecule has 2 heteroatoms. The van der Waals surface area contributed by atoms with Crippen LogP contribution in [0, 0.1) is 0 Å². The summed E-state index contributed by atoms with van der Waals surface area (Å²) in [5, 5.41) is 0. The van der Waals surface area contributed by atoms with Crippen molar-refractivity contribution in [3.05, 3.63) is 35.4 Å². The fourth-order valence-electron chi connectivity index (χ4n) is 1.89. The van der Waals surface area contributed by atoms with Gasteiger partial charge in [0, 0.05) is 18.7 Å². The lowest BCUT2D eigenvalue weighted by molar-refractivity contribution is 0.0764. The van der Waals surface area contributed by atoms with Crippen molar-refractivity contribution in [1.29, 1.82) is 0 Å². The molecule has 0 aliphatic heterocycles. The van der Waals surface area contributed by atoms with Crippen LogP contribution in [-0.2, 0) is 0 Å². The third-order valence-electron chi connectivity index (χ3n) is 2.96. The van der Waals surface area contributed by atoms with Gasteiger partial charge in [-0.15, -0.1) is 0 Å². The second-order valence-corrected chi connectivity index (χ2v) is 4.66. The van der Waals surface area contributed by atoms with E-state index in [-0.39, 0.29) is 5.91 Å². The molecule has 0 spiro atoms. The molecule has 0 radical (unpaired) electrons. The van der Waals surface area contributed by atoms with Crippen molar-refractivity contribution >= 4 is 5.91 Å². The Morgan fingerprint density at radius 1 is 1.21 bits per heavy atom. The highest BCUT2D eigenvalue weighted by Gasteiger charge is 2.13. The molecule has 0 aliphatic carbocycles. The summed E-state index contributed by atoms with van der Waals surface area (Å²) in [5.41, 5.74) is 2.04. The molecule has 0 saturated carbocycles. The SMILES string of the molecule is CC.CCCN(CC)C(=O)c1cccc(C(C)C)c1. The van der Waals surface area contributed by atoms with E-state index in [1.54, 1.807) is 0 Å². The molecular weight excluding hydrogens is 234 g/mol. The van der Waals surface area contributed by atoms with Crippen LogP contribution in [0.3, 0.4) is 0 Å². The second-order valence-electron chi connectivity index (χ2n) is 4.66. The van der Waals surface area contributed by atoms with E-state index in [9.17, 15) is 4.79 Å². The quantitative estimate of drug-likeness (QED) is 0.753. The van der Waals surface area contributed by atoms with E-state index in [4.69, 9.17) is 0 Å². The van der Waals surface area contributed by atoms with E-state index >= 15 is 0 Å². The maximum Gasteiger partial charge on any atom is 0.253 e. The molecule has 108 valence electrons. The Hall–Kier alpha value is -1.31. The Morgan fingerprint density at radius 2 is 1.84 bits per heavy atom. The highest BCUT2D eigenvalue weighted by atomic mass is 16.2. The zero-order chi connectivity index (χ0) is 14.8. The Balaban J connectivity index is 0.00000154. The zero-order valence-corrected chi connectivity index (χ0v) is 13.4. The molecule has 0 N–H and O–H groups in total. The van der Waals surface area contributed by atoms with E-state index in [2.05, 4.69) is 26.8 Å². The van der Waals surface area contributed by atoms with Crippen LogP contribution in [0.5, 0.6) is 0 Å². The Kier molecular flexibility index (Phi) is 8.94. The second kappa shape index (κ2) is 9.60. The van der Waals surface area contributed by atoms with Crippen molar-refractivity contribution in [2.45, 2.75) is 53.9 Å². The summed E-state index contributed by atoms with van der Waals surface area (Å²) < 4.78 is 0. The van der Waals surface area contributed by atoms with Gasteiger partial charge in [0.1, 0.15) is 0 Å².